The van der Waals surface area contributed by atoms with Crippen molar-refractivity contribution < 1.29 is 19.4 Å². The highest BCUT2D eigenvalue weighted by Crippen LogP contribution is 2.31. The molecule has 3 aromatic rings. The highest BCUT2D eigenvalue weighted by Gasteiger charge is 2.22. The number of carbonyl (C=O) groups excluding carboxylic acids is 1. The molecule has 11 nitrogen and oxygen atoms in total. The third kappa shape index (κ3) is 5.91. The number of anilines is 1. The first-order valence-corrected chi connectivity index (χ1v) is 10.1. The van der Waals surface area contributed by atoms with Crippen molar-refractivity contribution in [3.05, 3.63) is 79.5 Å². The number of rotatable bonds is 8. The summed E-state index contributed by atoms with van der Waals surface area (Å²) < 4.78 is 7.20. The van der Waals surface area contributed by atoms with Gasteiger partial charge in [0.15, 0.2) is 0 Å². The van der Waals surface area contributed by atoms with Gasteiger partial charge in [0.25, 0.3) is 5.69 Å². The fourth-order valence-corrected chi connectivity index (χ4v) is 3.32. The number of carbonyl (C=O) groups is 1. The predicted molar refractivity (Wildman–Crippen MR) is 120 cm³/mol. The summed E-state index contributed by atoms with van der Waals surface area (Å²) in [6.07, 6.45) is 0. The van der Waals surface area contributed by atoms with Crippen molar-refractivity contribution in [2.75, 3.05) is 5.32 Å². The molecule has 172 valence electrons. The summed E-state index contributed by atoms with van der Waals surface area (Å²) in [4.78, 5) is 33.8. The molecule has 0 spiro atoms. The Morgan fingerprint density at radius 3 is 2.21 bits per heavy atom. The number of benzene rings is 2. The Bertz CT molecular complexity index is 1220. The second-order valence-corrected chi connectivity index (χ2v) is 7.87. The molecule has 1 heterocycles. The van der Waals surface area contributed by atoms with E-state index in [9.17, 15) is 25.0 Å². The molecule has 3 rings (SSSR count). The van der Waals surface area contributed by atoms with Crippen LogP contribution in [0.25, 0.3) is 0 Å². The van der Waals surface area contributed by atoms with Crippen LogP contribution >= 0.6 is 0 Å². The molecule has 1 aromatic heterocycles. The summed E-state index contributed by atoms with van der Waals surface area (Å²) in [5.74, 6) is -0.617. The molecule has 1 unspecified atom stereocenters. The van der Waals surface area contributed by atoms with Crippen LogP contribution in [-0.2, 0) is 11.3 Å². The zero-order valence-electron chi connectivity index (χ0n) is 18.6. The highest BCUT2D eigenvalue weighted by molar-refractivity contribution is 5.92. The SMILES string of the molecule is Cc1cc(C)cc(Oc2cc(NC(=O)C(C)Cn3nc([N+](=O)[O-])cc3C)cc([N+](=O)[O-])c2)c1. The number of ether oxygens (including phenoxy) is 1. The van der Waals surface area contributed by atoms with E-state index in [-0.39, 0.29) is 29.5 Å². The van der Waals surface area contributed by atoms with Gasteiger partial charge < -0.3 is 20.2 Å². The molecule has 0 radical (unpaired) electrons. The summed E-state index contributed by atoms with van der Waals surface area (Å²) in [5, 5.41) is 28.8. The maximum Gasteiger partial charge on any atom is 0.390 e. The van der Waals surface area contributed by atoms with E-state index in [0.717, 1.165) is 11.1 Å². The molecule has 11 heteroatoms. The molecule has 0 bridgehead atoms. The van der Waals surface area contributed by atoms with Crippen LogP contribution in [0.5, 0.6) is 11.5 Å². The van der Waals surface area contributed by atoms with Gasteiger partial charge in [-0.25, -0.2) is 0 Å². The van der Waals surface area contributed by atoms with Crippen molar-refractivity contribution >= 4 is 23.1 Å². The summed E-state index contributed by atoms with van der Waals surface area (Å²) in [5.41, 5.74) is 2.46. The van der Waals surface area contributed by atoms with Gasteiger partial charge in [-0.2, -0.15) is 4.68 Å². The largest absolute Gasteiger partial charge is 0.457 e. The number of hydrogen-bond acceptors (Lipinski definition) is 7. The second kappa shape index (κ2) is 9.47. The Morgan fingerprint density at radius 2 is 1.64 bits per heavy atom. The van der Waals surface area contributed by atoms with Gasteiger partial charge in [-0.15, -0.1) is 0 Å². The minimum Gasteiger partial charge on any atom is -0.457 e. The van der Waals surface area contributed by atoms with Gasteiger partial charge in [-0.05, 0) is 49.0 Å². The molecule has 1 atom stereocenters. The molecule has 0 aliphatic heterocycles. The van der Waals surface area contributed by atoms with Crippen molar-refractivity contribution in [2.45, 2.75) is 34.2 Å². The number of nitrogens with one attached hydrogen (secondary N) is 1. The maximum absolute atomic E-state index is 12.7. The first-order chi connectivity index (χ1) is 15.5. The molecular formula is C22H23N5O6. The number of nitro groups is 2. The average Bonchev–Trinajstić information content (AvgIpc) is 3.07. The fourth-order valence-electron chi connectivity index (χ4n) is 3.32. The van der Waals surface area contributed by atoms with E-state index in [1.54, 1.807) is 26.0 Å². The van der Waals surface area contributed by atoms with E-state index in [2.05, 4.69) is 10.4 Å². The number of aryl methyl sites for hydroxylation is 3. The van der Waals surface area contributed by atoms with Crippen molar-refractivity contribution in [3.63, 3.8) is 0 Å². The standard InChI is InChI=1S/C22H23N5O6/c1-13-5-14(2)7-19(6-13)33-20-10-17(9-18(11-20)26(29)30)23-22(28)15(3)12-25-16(4)8-21(24-25)27(31)32/h5-11,15H,12H2,1-4H3,(H,23,28). The Labute approximate surface area is 189 Å². The molecule has 2 aromatic carbocycles. The van der Waals surface area contributed by atoms with Gasteiger partial charge in [0.05, 0.1) is 46.0 Å². The van der Waals surface area contributed by atoms with E-state index < -0.39 is 21.7 Å². The number of non-ortho nitro benzene ring substituents is 1. The van der Waals surface area contributed by atoms with E-state index in [4.69, 9.17) is 4.74 Å². The summed E-state index contributed by atoms with van der Waals surface area (Å²) in [7, 11) is 0. The van der Waals surface area contributed by atoms with Crippen LogP contribution in [0, 0.1) is 46.9 Å². The van der Waals surface area contributed by atoms with Crippen molar-refractivity contribution in [1.82, 2.24) is 9.78 Å². The Hall–Kier alpha value is -4.28. The Kier molecular flexibility index (Phi) is 6.71. The number of hydrogen-bond donors (Lipinski definition) is 1. The number of nitrogens with zero attached hydrogens (tertiary/aromatic N) is 4. The van der Waals surface area contributed by atoms with Gasteiger partial charge in [-0.1, -0.05) is 13.0 Å². The molecule has 0 saturated carbocycles. The van der Waals surface area contributed by atoms with Crippen LogP contribution in [0.1, 0.15) is 23.7 Å². The number of nitro benzene ring substituents is 1. The molecule has 0 aliphatic carbocycles. The minimum absolute atomic E-state index is 0.104. The number of amides is 1. The molecule has 0 saturated heterocycles. The third-order valence-electron chi connectivity index (χ3n) is 4.85. The topological polar surface area (TPSA) is 142 Å². The predicted octanol–water partition coefficient (Wildman–Crippen LogP) is 4.69. The first kappa shape index (κ1) is 23.4. The zero-order chi connectivity index (χ0) is 24.3. The van der Waals surface area contributed by atoms with Crippen LogP contribution in [-0.4, -0.2) is 25.5 Å². The van der Waals surface area contributed by atoms with Crippen LogP contribution in [0.3, 0.4) is 0 Å². The molecular weight excluding hydrogens is 430 g/mol. The molecule has 1 amide bonds. The normalized spacial score (nSPS) is 11.6. The summed E-state index contributed by atoms with van der Waals surface area (Å²) in [6.45, 7) is 7.22. The number of aromatic nitrogens is 2. The van der Waals surface area contributed by atoms with Gasteiger partial charge in [0.2, 0.25) is 5.91 Å². The quantitative estimate of drug-likeness (QED) is 0.385. The summed E-state index contributed by atoms with van der Waals surface area (Å²) >= 11 is 0. The van der Waals surface area contributed by atoms with Crippen LogP contribution in [0.2, 0.25) is 0 Å². The minimum atomic E-state index is -0.619. The lowest BCUT2D eigenvalue weighted by Gasteiger charge is -2.13. The third-order valence-corrected chi connectivity index (χ3v) is 4.85. The lowest BCUT2D eigenvalue weighted by Crippen LogP contribution is -2.25. The first-order valence-electron chi connectivity index (χ1n) is 10.1. The lowest BCUT2D eigenvalue weighted by atomic mass is 10.1. The second-order valence-electron chi connectivity index (χ2n) is 7.87. The van der Waals surface area contributed by atoms with Gasteiger partial charge in [-0.3, -0.25) is 14.9 Å². The molecule has 1 N–H and O–H groups in total. The van der Waals surface area contributed by atoms with Crippen LogP contribution in [0.4, 0.5) is 17.2 Å². The van der Waals surface area contributed by atoms with Crippen LogP contribution < -0.4 is 10.1 Å². The average molecular weight is 453 g/mol. The van der Waals surface area contributed by atoms with Gasteiger partial charge in [0, 0.05) is 12.1 Å². The van der Waals surface area contributed by atoms with Crippen molar-refractivity contribution in [1.29, 1.82) is 0 Å². The summed E-state index contributed by atoms with van der Waals surface area (Å²) in [6, 6.07) is 10.9. The van der Waals surface area contributed by atoms with E-state index in [1.807, 2.05) is 19.9 Å². The Morgan fingerprint density at radius 1 is 1.00 bits per heavy atom. The monoisotopic (exact) mass is 453 g/mol. The highest BCUT2D eigenvalue weighted by atomic mass is 16.6. The van der Waals surface area contributed by atoms with Crippen LogP contribution in [0.15, 0.2) is 42.5 Å². The molecule has 0 fully saturated rings. The maximum atomic E-state index is 12.7. The molecule has 33 heavy (non-hydrogen) atoms. The van der Waals surface area contributed by atoms with E-state index in [1.165, 1.54) is 28.9 Å². The molecule has 0 aliphatic rings. The van der Waals surface area contributed by atoms with E-state index >= 15 is 0 Å². The van der Waals surface area contributed by atoms with Gasteiger partial charge >= 0.3 is 5.82 Å². The van der Waals surface area contributed by atoms with Crippen molar-refractivity contribution in [2.24, 2.45) is 5.92 Å². The lowest BCUT2D eigenvalue weighted by molar-refractivity contribution is -0.389. The van der Waals surface area contributed by atoms with E-state index in [0.29, 0.717) is 11.4 Å². The zero-order valence-corrected chi connectivity index (χ0v) is 18.6. The Balaban J connectivity index is 1.79. The fraction of sp³-hybridized carbons (Fsp3) is 0.273. The smallest absolute Gasteiger partial charge is 0.390 e. The van der Waals surface area contributed by atoms with Gasteiger partial charge in [0.1, 0.15) is 11.5 Å². The van der Waals surface area contributed by atoms with Crippen molar-refractivity contribution in [3.8, 4) is 11.5 Å².